The molecule has 0 radical (unpaired) electrons. The second-order valence-corrected chi connectivity index (χ2v) is 6.22. The molecule has 0 saturated carbocycles. The van der Waals surface area contributed by atoms with Gasteiger partial charge in [-0.05, 0) is 24.6 Å². The van der Waals surface area contributed by atoms with Crippen LogP contribution in [0.25, 0.3) is 0 Å². The number of carbonyl (C=O) groups is 1. The number of halogens is 1. The highest BCUT2D eigenvalue weighted by Crippen LogP contribution is 2.27. The first-order chi connectivity index (χ1) is 12.0. The van der Waals surface area contributed by atoms with Crippen molar-refractivity contribution in [1.29, 1.82) is 5.26 Å². The van der Waals surface area contributed by atoms with E-state index >= 15 is 0 Å². The van der Waals surface area contributed by atoms with Crippen molar-refractivity contribution in [2.75, 3.05) is 18.2 Å². The first-order valence-electron chi connectivity index (χ1n) is 7.28. The summed E-state index contributed by atoms with van der Waals surface area (Å²) < 4.78 is 5.05. The van der Waals surface area contributed by atoms with Crippen LogP contribution in [0.3, 0.4) is 0 Å². The van der Waals surface area contributed by atoms with Gasteiger partial charge in [0.25, 0.3) is 5.56 Å². The monoisotopic (exact) mass is 378 g/mol. The third-order valence-electron chi connectivity index (χ3n) is 3.19. The molecule has 0 fully saturated rings. The number of ether oxygens (including phenoxy) is 1. The summed E-state index contributed by atoms with van der Waals surface area (Å²) in [6.07, 6.45) is 0.455. The Bertz CT molecular complexity index is 892. The van der Waals surface area contributed by atoms with E-state index in [0.29, 0.717) is 33.7 Å². The smallest absolute Gasteiger partial charge is 0.269 e. The number of aromatic amines is 1. The molecule has 130 valence electrons. The van der Waals surface area contributed by atoms with Crippen LogP contribution >= 0.6 is 23.4 Å². The Morgan fingerprint density at radius 3 is 2.88 bits per heavy atom. The molecule has 0 unspecified atom stereocenters. The lowest BCUT2D eigenvalue weighted by atomic mass is 10.2. The molecule has 2 aromatic rings. The van der Waals surface area contributed by atoms with Crippen molar-refractivity contribution in [1.82, 2.24) is 9.97 Å². The molecule has 0 aliphatic rings. The van der Waals surface area contributed by atoms with E-state index in [1.807, 2.05) is 6.07 Å². The number of aromatic nitrogens is 2. The summed E-state index contributed by atoms with van der Waals surface area (Å²) in [5.41, 5.74) is 0.450. The average molecular weight is 379 g/mol. The number of rotatable bonds is 6. The molecule has 2 N–H and O–H groups in total. The van der Waals surface area contributed by atoms with Gasteiger partial charge in [-0.2, -0.15) is 5.26 Å². The largest absolute Gasteiger partial charge is 0.495 e. The number of carbonyl (C=O) groups excluding carboxylic acids is 1. The van der Waals surface area contributed by atoms with E-state index in [2.05, 4.69) is 15.3 Å². The molecule has 1 aromatic carbocycles. The zero-order valence-corrected chi connectivity index (χ0v) is 15.1. The van der Waals surface area contributed by atoms with E-state index in [4.69, 9.17) is 21.6 Å². The molecule has 1 aromatic heterocycles. The summed E-state index contributed by atoms with van der Waals surface area (Å²) in [6.45, 7) is 1.80. The van der Waals surface area contributed by atoms with Gasteiger partial charge in [-0.3, -0.25) is 9.59 Å². The lowest BCUT2D eigenvalue weighted by molar-refractivity contribution is -0.113. The molecule has 0 spiro atoms. The van der Waals surface area contributed by atoms with Crippen LogP contribution in [0.2, 0.25) is 5.02 Å². The first kappa shape index (κ1) is 18.8. The average Bonchev–Trinajstić information content (AvgIpc) is 2.59. The van der Waals surface area contributed by atoms with Gasteiger partial charge in [0.05, 0.1) is 23.6 Å². The summed E-state index contributed by atoms with van der Waals surface area (Å²) >= 11 is 7.08. The van der Waals surface area contributed by atoms with Crippen LogP contribution in [0.15, 0.2) is 28.2 Å². The second kappa shape index (κ2) is 8.55. The molecule has 25 heavy (non-hydrogen) atoms. The second-order valence-electron chi connectivity index (χ2n) is 4.84. The van der Waals surface area contributed by atoms with E-state index in [0.717, 1.165) is 11.8 Å². The zero-order chi connectivity index (χ0) is 18.4. The minimum absolute atomic E-state index is 0.00387. The van der Waals surface area contributed by atoms with Crippen molar-refractivity contribution in [3.05, 3.63) is 44.8 Å². The quantitative estimate of drug-likeness (QED) is 0.590. The minimum atomic E-state index is -0.501. The predicted molar refractivity (Wildman–Crippen MR) is 96.3 cm³/mol. The fourth-order valence-electron chi connectivity index (χ4n) is 2.01. The molecule has 0 saturated heterocycles. The van der Waals surface area contributed by atoms with Gasteiger partial charge in [-0.15, -0.1) is 0 Å². The maximum atomic E-state index is 12.0. The molecule has 1 heterocycles. The Balaban J connectivity index is 2.03. The van der Waals surface area contributed by atoms with Crippen LogP contribution in [0.5, 0.6) is 5.75 Å². The number of thioether (sulfide) groups is 1. The highest BCUT2D eigenvalue weighted by atomic mass is 35.5. The van der Waals surface area contributed by atoms with Crippen LogP contribution < -0.4 is 15.6 Å². The highest BCUT2D eigenvalue weighted by Gasteiger charge is 2.12. The molecule has 0 aliphatic heterocycles. The summed E-state index contributed by atoms with van der Waals surface area (Å²) in [5, 5.41) is 12.3. The zero-order valence-electron chi connectivity index (χ0n) is 13.6. The Morgan fingerprint density at radius 1 is 1.52 bits per heavy atom. The van der Waals surface area contributed by atoms with Crippen LogP contribution in [0.1, 0.15) is 18.2 Å². The van der Waals surface area contributed by atoms with Crippen molar-refractivity contribution >= 4 is 35.0 Å². The topological polar surface area (TPSA) is 108 Å². The van der Waals surface area contributed by atoms with E-state index in [9.17, 15) is 9.59 Å². The van der Waals surface area contributed by atoms with Gasteiger partial charge in [0.15, 0.2) is 5.16 Å². The molecule has 0 bridgehead atoms. The molecule has 2 rings (SSSR count). The van der Waals surface area contributed by atoms with Crippen molar-refractivity contribution in [2.24, 2.45) is 0 Å². The molecular weight excluding hydrogens is 364 g/mol. The Morgan fingerprint density at radius 2 is 2.28 bits per heavy atom. The maximum Gasteiger partial charge on any atom is 0.269 e. The number of benzene rings is 1. The number of amides is 1. The SMILES string of the molecule is CCc1nc(SCC(=O)Nc2ccc(OC)c(Cl)c2)[nH]c(=O)c1C#N. The van der Waals surface area contributed by atoms with E-state index < -0.39 is 5.56 Å². The van der Waals surface area contributed by atoms with E-state index in [1.54, 1.807) is 25.1 Å². The number of nitriles is 1. The third-order valence-corrected chi connectivity index (χ3v) is 4.36. The van der Waals surface area contributed by atoms with Crippen molar-refractivity contribution < 1.29 is 9.53 Å². The molecule has 7 nitrogen and oxygen atoms in total. The van der Waals surface area contributed by atoms with Crippen LogP contribution in [0, 0.1) is 11.3 Å². The highest BCUT2D eigenvalue weighted by molar-refractivity contribution is 7.99. The van der Waals surface area contributed by atoms with E-state index in [-0.39, 0.29) is 17.2 Å². The summed E-state index contributed by atoms with van der Waals surface area (Å²) in [5.74, 6) is 0.276. The number of H-pyrrole nitrogens is 1. The van der Waals surface area contributed by atoms with Crippen molar-refractivity contribution in [3.8, 4) is 11.8 Å². The van der Waals surface area contributed by atoms with Gasteiger partial charge in [0.1, 0.15) is 17.4 Å². The number of nitrogens with one attached hydrogen (secondary N) is 2. The Labute approximate surface area is 153 Å². The molecule has 0 atom stereocenters. The lowest BCUT2D eigenvalue weighted by Crippen LogP contribution is -2.18. The number of anilines is 1. The normalized spacial score (nSPS) is 10.2. The number of hydrogen-bond donors (Lipinski definition) is 2. The van der Waals surface area contributed by atoms with Crippen LogP contribution in [-0.2, 0) is 11.2 Å². The maximum absolute atomic E-state index is 12.0. The fourth-order valence-corrected chi connectivity index (χ4v) is 2.95. The van der Waals surface area contributed by atoms with E-state index in [1.165, 1.54) is 7.11 Å². The number of hydrogen-bond acceptors (Lipinski definition) is 6. The fraction of sp³-hybridized carbons (Fsp3) is 0.250. The predicted octanol–water partition coefficient (Wildman–Crippen LogP) is 2.60. The standard InChI is InChI=1S/C16H15ClN4O3S/c1-3-12-10(7-18)15(23)21-16(20-12)25-8-14(22)19-9-4-5-13(24-2)11(17)6-9/h4-6H,3,8H2,1-2H3,(H,19,22)(H,20,21,23). The van der Waals surface area contributed by atoms with Crippen LogP contribution in [0.4, 0.5) is 5.69 Å². The summed E-state index contributed by atoms with van der Waals surface area (Å²) in [4.78, 5) is 30.6. The van der Waals surface area contributed by atoms with Gasteiger partial charge in [0, 0.05) is 5.69 Å². The molecule has 9 heteroatoms. The molecule has 1 amide bonds. The first-order valence-corrected chi connectivity index (χ1v) is 8.64. The van der Waals surface area contributed by atoms with Crippen molar-refractivity contribution in [3.63, 3.8) is 0 Å². The number of methoxy groups -OCH3 is 1. The van der Waals surface area contributed by atoms with Gasteiger partial charge >= 0.3 is 0 Å². The lowest BCUT2D eigenvalue weighted by Gasteiger charge is -2.08. The number of nitrogens with zero attached hydrogens (tertiary/aromatic N) is 2. The number of aryl methyl sites for hydroxylation is 1. The van der Waals surface area contributed by atoms with Gasteiger partial charge in [-0.1, -0.05) is 30.3 Å². The summed E-state index contributed by atoms with van der Waals surface area (Å²) in [7, 11) is 1.51. The van der Waals surface area contributed by atoms with Crippen molar-refractivity contribution in [2.45, 2.75) is 18.5 Å². The minimum Gasteiger partial charge on any atom is -0.495 e. The molecule has 0 aliphatic carbocycles. The third kappa shape index (κ3) is 4.75. The Kier molecular flexibility index (Phi) is 6.44. The summed E-state index contributed by atoms with van der Waals surface area (Å²) in [6, 6.07) is 6.74. The van der Waals surface area contributed by atoms with Gasteiger partial charge in [-0.25, -0.2) is 4.98 Å². The van der Waals surface area contributed by atoms with Gasteiger partial charge < -0.3 is 15.0 Å². The van der Waals surface area contributed by atoms with Gasteiger partial charge in [0.2, 0.25) is 5.91 Å². The Hall–Kier alpha value is -2.50. The molecular formula is C16H15ClN4O3S. The van der Waals surface area contributed by atoms with Crippen LogP contribution in [-0.4, -0.2) is 28.7 Å².